The third kappa shape index (κ3) is 3.31. The third-order valence-corrected chi connectivity index (χ3v) is 5.59. The van der Waals surface area contributed by atoms with Crippen LogP contribution >= 0.6 is 15.9 Å². The Labute approximate surface area is 126 Å². The molecule has 1 aromatic carbocycles. The zero-order valence-corrected chi connectivity index (χ0v) is 13.2. The van der Waals surface area contributed by atoms with Gasteiger partial charge >= 0.3 is 6.03 Å². The van der Waals surface area contributed by atoms with Crippen molar-refractivity contribution in [2.24, 2.45) is 5.73 Å². The highest BCUT2D eigenvalue weighted by molar-refractivity contribution is 9.10. The number of rotatable bonds is 2. The van der Waals surface area contributed by atoms with E-state index in [2.05, 4.69) is 15.9 Å². The van der Waals surface area contributed by atoms with E-state index in [1.54, 1.807) is 24.3 Å². The largest absolute Gasteiger partial charge is 0.351 e. The molecule has 20 heavy (non-hydrogen) atoms. The molecule has 110 valence electrons. The van der Waals surface area contributed by atoms with Crippen LogP contribution in [-0.4, -0.2) is 49.8 Å². The predicted octanol–water partition coefficient (Wildman–Crippen LogP) is 1.22. The summed E-state index contributed by atoms with van der Waals surface area (Å²) in [7, 11) is -3.53. The third-order valence-electron chi connectivity index (χ3n) is 3.20. The Hall–Kier alpha value is -1.12. The molecule has 6 nitrogen and oxygen atoms in total. The van der Waals surface area contributed by atoms with Gasteiger partial charge in [-0.2, -0.15) is 4.31 Å². The second-order valence-electron chi connectivity index (χ2n) is 4.54. The maximum absolute atomic E-state index is 12.5. The van der Waals surface area contributed by atoms with Crippen LogP contribution in [0.1, 0.15) is 6.42 Å². The topological polar surface area (TPSA) is 83.7 Å². The number of sulfonamides is 1. The van der Waals surface area contributed by atoms with Crippen molar-refractivity contribution in [3.8, 4) is 0 Å². The van der Waals surface area contributed by atoms with Gasteiger partial charge < -0.3 is 10.6 Å². The van der Waals surface area contributed by atoms with Crippen LogP contribution in [0.15, 0.2) is 33.6 Å². The zero-order chi connectivity index (χ0) is 14.8. The number of amides is 2. The number of hydrogen-bond donors (Lipinski definition) is 1. The minimum atomic E-state index is -3.53. The molecule has 1 aromatic rings. The van der Waals surface area contributed by atoms with E-state index in [-0.39, 0.29) is 11.4 Å². The minimum absolute atomic E-state index is 0.249. The van der Waals surface area contributed by atoms with Crippen molar-refractivity contribution in [3.05, 3.63) is 28.7 Å². The van der Waals surface area contributed by atoms with Gasteiger partial charge in [-0.15, -0.1) is 0 Å². The van der Waals surface area contributed by atoms with Crippen LogP contribution in [0.25, 0.3) is 0 Å². The van der Waals surface area contributed by atoms with Crippen LogP contribution in [0.5, 0.6) is 0 Å². The van der Waals surface area contributed by atoms with Gasteiger partial charge in [0.2, 0.25) is 10.0 Å². The summed E-state index contributed by atoms with van der Waals surface area (Å²) in [5.74, 6) is 0. The van der Waals surface area contributed by atoms with Crippen LogP contribution in [0.3, 0.4) is 0 Å². The van der Waals surface area contributed by atoms with Crippen molar-refractivity contribution in [1.82, 2.24) is 9.21 Å². The molecule has 1 saturated heterocycles. The molecular formula is C12H16BrN3O3S. The number of carbonyl (C=O) groups is 1. The predicted molar refractivity (Wildman–Crippen MR) is 78.7 cm³/mol. The van der Waals surface area contributed by atoms with E-state index in [9.17, 15) is 13.2 Å². The van der Waals surface area contributed by atoms with Gasteiger partial charge in [-0.25, -0.2) is 13.2 Å². The molecule has 0 radical (unpaired) electrons. The Morgan fingerprint density at radius 1 is 1.20 bits per heavy atom. The highest BCUT2D eigenvalue weighted by Crippen LogP contribution is 2.21. The minimum Gasteiger partial charge on any atom is -0.351 e. The number of urea groups is 1. The van der Waals surface area contributed by atoms with Crippen LogP contribution in [-0.2, 0) is 10.0 Å². The van der Waals surface area contributed by atoms with Crippen molar-refractivity contribution in [3.63, 3.8) is 0 Å². The van der Waals surface area contributed by atoms with Crippen molar-refractivity contribution in [2.75, 3.05) is 26.2 Å². The molecule has 8 heteroatoms. The number of carbonyl (C=O) groups excluding carboxylic acids is 1. The summed E-state index contributed by atoms with van der Waals surface area (Å²) >= 11 is 3.27. The van der Waals surface area contributed by atoms with Gasteiger partial charge in [0, 0.05) is 30.7 Å². The summed E-state index contributed by atoms with van der Waals surface area (Å²) in [5, 5.41) is 0. The maximum atomic E-state index is 12.5. The molecule has 0 unspecified atom stereocenters. The fraction of sp³-hybridized carbons (Fsp3) is 0.417. The molecule has 0 bridgehead atoms. The van der Waals surface area contributed by atoms with Crippen LogP contribution in [0.2, 0.25) is 0 Å². The molecule has 2 N–H and O–H groups in total. The average molecular weight is 362 g/mol. The SMILES string of the molecule is NC(=O)N1CCCN(S(=O)(=O)c2cccc(Br)c2)CC1. The average Bonchev–Trinajstić information content (AvgIpc) is 2.64. The van der Waals surface area contributed by atoms with Gasteiger partial charge in [0.25, 0.3) is 0 Å². The molecule has 1 aliphatic heterocycles. The highest BCUT2D eigenvalue weighted by Gasteiger charge is 2.27. The smallest absolute Gasteiger partial charge is 0.314 e. The summed E-state index contributed by atoms with van der Waals surface area (Å²) < 4.78 is 27.2. The summed E-state index contributed by atoms with van der Waals surface area (Å²) in [6, 6.07) is 6.09. The molecule has 0 atom stereocenters. The monoisotopic (exact) mass is 361 g/mol. The molecule has 1 heterocycles. The maximum Gasteiger partial charge on any atom is 0.314 e. The number of halogens is 1. The van der Waals surface area contributed by atoms with E-state index in [4.69, 9.17) is 5.73 Å². The zero-order valence-electron chi connectivity index (χ0n) is 10.8. The number of nitrogens with two attached hydrogens (primary N) is 1. The second kappa shape index (κ2) is 6.11. The summed E-state index contributed by atoms with van der Waals surface area (Å²) in [6.07, 6.45) is 0.580. The molecule has 0 saturated carbocycles. The quantitative estimate of drug-likeness (QED) is 0.859. The Morgan fingerprint density at radius 2 is 1.95 bits per heavy atom. The molecule has 1 aliphatic rings. The Balaban J connectivity index is 2.20. The van der Waals surface area contributed by atoms with Crippen molar-refractivity contribution in [1.29, 1.82) is 0 Å². The highest BCUT2D eigenvalue weighted by atomic mass is 79.9. The Kier molecular flexibility index (Phi) is 4.66. The van der Waals surface area contributed by atoms with E-state index < -0.39 is 16.1 Å². The molecule has 2 rings (SSSR count). The second-order valence-corrected chi connectivity index (χ2v) is 7.39. The number of nitrogens with zero attached hydrogens (tertiary/aromatic N) is 2. The first-order chi connectivity index (χ1) is 9.41. The first-order valence-corrected chi connectivity index (χ1v) is 8.44. The van der Waals surface area contributed by atoms with Crippen LogP contribution in [0.4, 0.5) is 4.79 Å². The molecule has 2 amide bonds. The fourth-order valence-corrected chi connectivity index (χ4v) is 4.20. The number of hydrogen-bond acceptors (Lipinski definition) is 3. The normalized spacial score (nSPS) is 17.8. The van der Waals surface area contributed by atoms with E-state index in [0.29, 0.717) is 30.5 Å². The van der Waals surface area contributed by atoms with Crippen molar-refractivity contribution < 1.29 is 13.2 Å². The number of primary amides is 1. The molecular weight excluding hydrogens is 346 g/mol. The first-order valence-electron chi connectivity index (χ1n) is 6.21. The Bertz CT molecular complexity index is 606. The van der Waals surface area contributed by atoms with Gasteiger partial charge in [-0.1, -0.05) is 22.0 Å². The van der Waals surface area contributed by atoms with Crippen LogP contribution < -0.4 is 5.73 Å². The van der Waals surface area contributed by atoms with Gasteiger partial charge in [0.1, 0.15) is 0 Å². The molecule has 0 aromatic heterocycles. The lowest BCUT2D eigenvalue weighted by molar-refractivity contribution is 0.210. The van der Waals surface area contributed by atoms with Gasteiger partial charge in [-0.05, 0) is 24.6 Å². The van der Waals surface area contributed by atoms with Gasteiger partial charge in [-0.3, -0.25) is 0 Å². The lowest BCUT2D eigenvalue weighted by Gasteiger charge is -2.20. The fourth-order valence-electron chi connectivity index (χ4n) is 2.13. The Morgan fingerprint density at radius 3 is 2.60 bits per heavy atom. The first kappa shape index (κ1) is 15.3. The van der Waals surface area contributed by atoms with Gasteiger partial charge in [0.15, 0.2) is 0 Å². The van der Waals surface area contributed by atoms with Gasteiger partial charge in [0.05, 0.1) is 4.90 Å². The van der Waals surface area contributed by atoms with E-state index in [0.717, 1.165) is 0 Å². The lowest BCUT2D eigenvalue weighted by atomic mass is 10.4. The summed E-state index contributed by atoms with van der Waals surface area (Å²) in [6.45, 7) is 1.46. The number of benzene rings is 1. The van der Waals surface area contributed by atoms with E-state index in [1.807, 2.05) is 0 Å². The van der Waals surface area contributed by atoms with E-state index >= 15 is 0 Å². The summed E-state index contributed by atoms with van der Waals surface area (Å²) in [5.41, 5.74) is 5.23. The van der Waals surface area contributed by atoms with Crippen LogP contribution in [0, 0.1) is 0 Å². The van der Waals surface area contributed by atoms with E-state index in [1.165, 1.54) is 9.21 Å². The van der Waals surface area contributed by atoms with Crippen molar-refractivity contribution in [2.45, 2.75) is 11.3 Å². The standard InChI is InChI=1S/C12H16BrN3O3S/c13-10-3-1-4-11(9-10)20(18,19)16-6-2-5-15(7-8-16)12(14)17/h1,3-4,9H,2,5-8H2,(H2,14,17). The molecule has 0 aliphatic carbocycles. The lowest BCUT2D eigenvalue weighted by Crippen LogP contribution is -2.39. The molecule has 1 fully saturated rings. The summed E-state index contributed by atoms with van der Waals surface area (Å²) in [4.78, 5) is 12.9. The van der Waals surface area contributed by atoms with Crippen molar-refractivity contribution >= 4 is 32.0 Å². The molecule has 0 spiro atoms.